The summed E-state index contributed by atoms with van der Waals surface area (Å²) in [6.07, 6.45) is 41.3. The second kappa shape index (κ2) is 40.1. The molecule has 0 radical (unpaired) electrons. The van der Waals surface area contributed by atoms with Crippen LogP contribution in [0.1, 0.15) is 245 Å². The molecule has 0 amide bonds. The van der Waals surface area contributed by atoms with Gasteiger partial charge in [-0.2, -0.15) is 0 Å². The summed E-state index contributed by atoms with van der Waals surface area (Å²) in [7, 11) is 0. The van der Waals surface area contributed by atoms with Crippen LogP contribution in [0.3, 0.4) is 0 Å². The second-order valence-corrected chi connectivity index (χ2v) is 15.9. The molecule has 0 aliphatic rings. The zero-order valence-electron chi connectivity index (χ0n) is 34.3. The first kappa shape index (κ1) is 49.9. The van der Waals surface area contributed by atoms with E-state index in [4.69, 9.17) is 9.47 Å². The molecule has 304 valence electrons. The fourth-order valence-electron chi connectivity index (χ4n) is 7.14. The van der Waals surface area contributed by atoms with E-state index < -0.39 is 0 Å². The molecule has 0 atom stereocenters. The first-order chi connectivity index (χ1) is 25.0. The van der Waals surface area contributed by atoms with E-state index in [0.29, 0.717) is 26.1 Å². The summed E-state index contributed by atoms with van der Waals surface area (Å²) in [5, 5.41) is 20.2. The van der Waals surface area contributed by atoms with Gasteiger partial charge in [-0.3, -0.25) is 9.59 Å². The number of esters is 2. The second-order valence-electron chi connectivity index (χ2n) is 15.9. The highest BCUT2D eigenvalue weighted by Crippen LogP contribution is 2.31. The molecule has 0 aliphatic heterocycles. The number of ether oxygens (including phenoxy) is 2. The average Bonchev–Trinajstić information content (AvgIpc) is 3.14. The SMILES string of the molecule is CCCCCCCCCOC(=O)CCCCCCCCCCCC(CO)(CO)CCCCCCCCCCCC(=O)OCCCCCCCCC. The van der Waals surface area contributed by atoms with Gasteiger partial charge in [0.15, 0.2) is 0 Å². The Bertz CT molecular complexity index is 665. The molecule has 0 aliphatic carbocycles. The quantitative estimate of drug-likeness (QED) is 0.0481. The van der Waals surface area contributed by atoms with Gasteiger partial charge in [0, 0.05) is 18.3 Å². The van der Waals surface area contributed by atoms with Crippen LogP contribution < -0.4 is 0 Å². The Labute approximate surface area is 317 Å². The lowest BCUT2D eigenvalue weighted by Crippen LogP contribution is -2.29. The Balaban J connectivity index is 3.58. The van der Waals surface area contributed by atoms with Crippen molar-refractivity contribution < 1.29 is 29.3 Å². The third kappa shape index (κ3) is 35.6. The Morgan fingerprint density at radius 3 is 0.922 bits per heavy atom. The number of carbonyl (C=O) groups excluding carboxylic acids is 2. The van der Waals surface area contributed by atoms with E-state index in [1.807, 2.05) is 0 Å². The highest BCUT2D eigenvalue weighted by molar-refractivity contribution is 5.69. The van der Waals surface area contributed by atoms with Crippen molar-refractivity contribution in [3.8, 4) is 0 Å². The first-order valence-corrected chi connectivity index (χ1v) is 22.6. The highest BCUT2D eigenvalue weighted by atomic mass is 16.5. The van der Waals surface area contributed by atoms with Gasteiger partial charge in [0.2, 0.25) is 0 Å². The van der Waals surface area contributed by atoms with Crippen molar-refractivity contribution in [3.05, 3.63) is 0 Å². The molecule has 0 bridgehead atoms. The van der Waals surface area contributed by atoms with E-state index in [1.165, 1.54) is 154 Å². The van der Waals surface area contributed by atoms with Crippen molar-refractivity contribution in [2.45, 2.75) is 245 Å². The maximum Gasteiger partial charge on any atom is 0.305 e. The van der Waals surface area contributed by atoms with Crippen LogP contribution in [0.15, 0.2) is 0 Å². The standard InChI is InChI=1S/C45H88O6/c1-3-5-7-9-21-27-33-39-50-43(48)35-29-23-17-13-11-15-19-25-31-37-45(41-46,42-47)38-32-26-20-16-12-14-18-24-30-36-44(49)51-40-34-28-22-10-8-6-4-2/h46-47H,3-42H2,1-2H3. The van der Waals surface area contributed by atoms with Gasteiger partial charge in [0.05, 0.1) is 26.4 Å². The van der Waals surface area contributed by atoms with Gasteiger partial charge in [-0.1, -0.05) is 194 Å². The van der Waals surface area contributed by atoms with Crippen LogP contribution in [0.2, 0.25) is 0 Å². The van der Waals surface area contributed by atoms with Crippen molar-refractivity contribution in [1.29, 1.82) is 0 Å². The van der Waals surface area contributed by atoms with Crippen molar-refractivity contribution in [3.63, 3.8) is 0 Å². The van der Waals surface area contributed by atoms with Crippen LogP contribution in [-0.4, -0.2) is 48.6 Å². The predicted molar refractivity (Wildman–Crippen MR) is 216 cm³/mol. The normalized spacial score (nSPS) is 11.7. The van der Waals surface area contributed by atoms with E-state index in [2.05, 4.69) is 13.8 Å². The predicted octanol–water partition coefficient (Wildman–Crippen LogP) is 13.1. The number of hydrogen-bond donors (Lipinski definition) is 2. The van der Waals surface area contributed by atoms with E-state index >= 15 is 0 Å². The Morgan fingerprint density at radius 1 is 0.373 bits per heavy atom. The molecular formula is C45H88O6. The molecule has 2 N–H and O–H groups in total. The molecule has 0 unspecified atom stereocenters. The summed E-state index contributed by atoms with van der Waals surface area (Å²) in [5.41, 5.74) is -0.315. The van der Waals surface area contributed by atoms with E-state index in [1.54, 1.807) is 0 Å². The van der Waals surface area contributed by atoms with Crippen LogP contribution in [0.5, 0.6) is 0 Å². The van der Waals surface area contributed by atoms with Gasteiger partial charge in [-0.15, -0.1) is 0 Å². The largest absolute Gasteiger partial charge is 0.466 e. The Hall–Kier alpha value is -1.14. The summed E-state index contributed by atoms with van der Waals surface area (Å²) in [5.74, 6) is -0.0437. The number of carbonyl (C=O) groups is 2. The molecular weight excluding hydrogens is 636 g/mol. The minimum absolute atomic E-state index is 0.0219. The Kier molecular flexibility index (Phi) is 39.2. The molecule has 51 heavy (non-hydrogen) atoms. The summed E-state index contributed by atoms with van der Waals surface area (Å²) in [6.45, 7) is 5.83. The van der Waals surface area contributed by atoms with E-state index in [9.17, 15) is 19.8 Å². The highest BCUT2D eigenvalue weighted by Gasteiger charge is 2.27. The third-order valence-electron chi connectivity index (χ3n) is 10.9. The third-order valence-corrected chi connectivity index (χ3v) is 10.9. The van der Waals surface area contributed by atoms with Crippen molar-refractivity contribution in [1.82, 2.24) is 0 Å². The molecule has 0 spiro atoms. The van der Waals surface area contributed by atoms with Gasteiger partial charge >= 0.3 is 11.9 Å². The smallest absolute Gasteiger partial charge is 0.305 e. The number of unbranched alkanes of at least 4 members (excludes halogenated alkanes) is 28. The van der Waals surface area contributed by atoms with E-state index in [-0.39, 0.29) is 30.6 Å². The van der Waals surface area contributed by atoms with Crippen molar-refractivity contribution in [2.24, 2.45) is 5.41 Å². The molecule has 0 rings (SSSR count). The van der Waals surface area contributed by atoms with Crippen LogP contribution in [0, 0.1) is 5.41 Å². The van der Waals surface area contributed by atoms with Crippen LogP contribution in [0.25, 0.3) is 0 Å². The van der Waals surface area contributed by atoms with Gasteiger partial charge in [0.1, 0.15) is 0 Å². The van der Waals surface area contributed by atoms with E-state index in [0.717, 1.165) is 64.2 Å². The molecule has 0 saturated heterocycles. The van der Waals surface area contributed by atoms with Crippen LogP contribution in [0.4, 0.5) is 0 Å². The number of aliphatic hydroxyl groups is 2. The van der Waals surface area contributed by atoms with Crippen molar-refractivity contribution in [2.75, 3.05) is 26.4 Å². The summed E-state index contributed by atoms with van der Waals surface area (Å²) < 4.78 is 10.8. The molecule has 0 aromatic carbocycles. The minimum Gasteiger partial charge on any atom is -0.466 e. The summed E-state index contributed by atoms with van der Waals surface area (Å²) in [6, 6.07) is 0. The molecule has 6 heteroatoms. The number of rotatable bonds is 42. The fraction of sp³-hybridized carbons (Fsp3) is 0.956. The molecule has 0 saturated carbocycles. The van der Waals surface area contributed by atoms with Gasteiger partial charge < -0.3 is 19.7 Å². The molecule has 0 fully saturated rings. The molecule has 0 aromatic rings. The summed E-state index contributed by atoms with van der Waals surface area (Å²) >= 11 is 0. The lowest BCUT2D eigenvalue weighted by Gasteiger charge is -2.30. The molecule has 6 nitrogen and oxygen atoms in total. The molecule has 0 heterocycles. The molecule has 0 aromatic heterocycles. The number of hydrogen-bond acceptors (Lipinski definition) is 6. The maximum absolute atomic E-state index is 11.9. The lowest BCUT2D eigenvalue weighted by molar-refractivity contribution is -0.144. The average molecular weight is 725 g/mol. The topological polar surface area (TPSA) is 93.1 Å². The fourth-order valence-corrected chi connectivity index (χ4v) is 7.14. The maximum atomic E-state index is 11.9. The first-order valence-electron chi connectivity index (χ1n) is 22.6. The zero-order chi connectivity index (χ0) is 37.4. The minimum atomic E-state index is -0.315. The van der Waals surface area contributed by atoms with Crippen LogP contribution >= 0.6 is 0 Å². The Morgan fingerprint density at radius 2 is 0.627 bits per heavy atom. The van der Waals surface area contributed by atoms with Crippen molar-refractivity contribution >= 4 is 11.9 Å². The lowest BCUT2D eigenvalue weighted by atomic mass is 9.79. The van der Waals surface area contributed by atoms with Gasteiger partial charge in [-0.05, 0) is 38.5 Å². The van der Waals surface area contributed by atoms with Gasteiger partial charge in [0.25, 0.3) is 0 Å². The monoisotopic (exact) mass is 725 g/mol. The number of aliphatic hydroxyl groups excluding tert-OH is 2. The summed E-state index contributed by atoms with van der Waals surface area (Å²) in [4.78, 5) is 23.8. The zero-order valence-corrected chi connectivity index (χ0v) is 34.3. The van der Waals surface area contributed by atoms with Gasteiger partial charge in [-0.25, -0.2) is 0 Å². The van der Waals surface area contributed by atoms with Crippen LogP contribution in [-0.2, 0) is 19.1 Å².